The van der Waals surface area contributed by atoms with Crippen molar-refractivity contribution >= 4 is 11.3 Å². The Hall–Kier alpha value is -1.33. The minimum atomic E-state index is -0.423. The van der Waals surface area contributed by atoms with Crippen LogP contribution in [0.25, 0.3) is 0 Å². The van der Waals surface area contributed by atoms with Gasteiger partial charge in [-0.2, -0.15) is 0 Å². The highest BCUT2D eigenvalue weighted by Crippen LogP contribution is 2.17. The summed E-state index contributed by atoms with van der Waals surface area (Å²) in [4.78, 5) is 5.05. The van der Waals surface area contributed by atoms with E-state index in [1.165, 1.54) is 17.4 Å². The van der Waals surface area contributed by atoms with E-state index in [0.29, 0.717) is 12.1 Å². The van der Waals surface area contributed by atoms with Crippen molar-refractivity contribution in [3.05, 3.63) is 52.0 Å². The van der Waals surface area contributed by atoms with Crippen molar-refractivity contribution in [3.63, 3.8) is 0 Å². The van der Waals surface area contributed by atoms with Crippen LogP contribution in [0.2, 0.25) is 0 Å². The molecule has 0 bridgehead atoms. The van der Waals surface area contributed by atoms with Crippen molar-refractivity contribution in [1.29, 1.82) is 0 Å². The Morgan fingerprint density at radius 3 is 2.94 bits per heavy atom. The Morgan fingerprint density at radius 2 is 2.24 bits per heavy atom. The van der Waals surface area contributed by atoms with Crippen LogP contribution < -0.4 is 5.32 Å². The Morgan fingerprint density at radius 1 is 1.41 bits per heavy atom. The number of nitrogens with one attached hydrogen (secondary N) is 1. The van der Waals surface area contributed by atoms with E-state index < -0.39 is 11.6 Å². The third-order valence-corrected chi connectivity index (χ3v) is 3.44. The van der Waals surface area contributed by atoms with Crippen LogP contribution in [-0.2, 0) is 6.54 Å². The van der Waals surface area contributed by atoms with Crippen LogP contribution in [0.4, 0.5) is 8.78 Å². The summed E-state index contributed by atoms with van der Waals surface area (Å²) < 4.78 is 26.3. The fourth-order valence-electron chi connectivity index (χ4n) is 1.48. The Labute approximate surface area is 102 Å². The maximum atomic E-state index is 13.3. The summed E-state index contributed by atoms with van der Waals surface area (Å²) in [7, 11) is 0. The monoisotopic (exact) mass is 254 g/mol. The smallest absolute Gasteiger partial charge is 0.127 e. The van der Waals surface area contributed by atoms with Gasteiger partial charge in [-0.15, -0.1) is 11.3 Å². The van der Waals surface area contributed by atoms with Crippen LogP contribution in [0.5, 0.6) is 0 Å². The van der Waals surface area contributed by atoms with Gasteiger partial charge >= 0.3 is 0 Å². The predicted octanol–water partition coefficient (Wildman–Crippen LogP) is 3.27. The maximum Gasteiger partial charge on any atom is 0.127 e. The van der Waals surface area contributed by atoms with Gasteiger partial charge in [-0.1, -0.05) is 0 Å². The molecule has 2 aromatic rings. The van der Waals surface area contributed by atoms with E-state index in [-0.39, 0.29) is 6.04 Å². The summed E-state index contributed by atoms with van der Waals surface area (Å²) in [5.41, 5.74) is 2.08. The van der Waals surface area contributed by atoms with Crippen LogP contribution in [-0.4, -0.2) is 4.98 Å². The zero-order valence-corrected chi connectivity index (χ0v) is 10.1. The normalized spacial score (nSPS) is 12.6. The molecule has 2 nitrogen and oxygen atoms in total. The number of nitrogens with zero attached hydrogens (tertiary/aromatic N) is 1. The topological polar surface area (TPSA) is 24.9 Å². The molecule has 1 N–H and O–H groups in total. The van der Waals surface area contributed by atoms with E-state index in [1.807, 2.05) is 6.92 Å². The van der Waals surface area contributed by atoms with Gasteiger partial charge in [0.1, 0.15) is 11.6 Å². The van der Waals surface area contributed by atoms with Crippen molar-refractivity contribution in [1.82, 2.24) is 10.3 Å². The first-order valence-electron chi connectivity index (χ1n) is 5.22. The molecule has 0 amide bonds. The van der Waals surface area contributed by atoms with Crippen molar-refractivity contribution < 1.29 is 8.78 Å². The number of benzene rings is 1. The average Bonchev–Trinajstić information content (AvgIpc) is 2.83. The maximum absolute atomic E-state index is 13.3. The summed E-state index contributed by atoms with van der Waals surface area (Å²) in [6.07, 6.45) is 1.77. The second-order valence-corrected chi connectivity index (χ2v) is 4.66. The van der Waals surface area contributed by atoms with Gasteiger partial charge in [-0.05, 0) is 25.1 Å². The van der Waals surface area contributed by atoms with Gasteiger partial charge in [0.05, 0.1) is 5.51 Å². The molecule has 1 atom stereocenters. The molecule has 0 fully saturated rings. The second kappa shape index (κ2) is 5.33. The molecule has 1 heterocycles. The molecule has 0 spiro atoms. The molecule has 0 radical (unpaired) electrons. The number of hydrogen-bond acceptors (Lipinski definition) is 3. The van der Waals surface area contributed by atoms with Crippen molar-refractivity contribution in [2.75, 3.05) is 0 Å². The highest BCUT2D eigenvalue weighted by atomic mass is 32.1. The average molecular weight is 254 g/mol. The van der Waals surface area contributed by atoms with E-state index in [0.717, 1.165) is 17.0 Å². The zero-order valence-electron chi connectivity index (χ0n) is 9.28. The van der Waals surface area contributed by atoms with Crippen molar-refractivity contribution in [2.24, 2.45) is 0 Å². The van der Waals surface area contributed by atoms with E-state index in [2.05, 4.69) is 10.3 Å². The molecule has 0 aliphatic carbocycles. The van der Waals surface area contributed by atoms with Crippen LogP contribution in [0, 0.1) is 11.6 Å². The van der Waals surface area contributed by atoms with Crippen molar-refractivity contribution in [2.45, 2.75) is 19.5 Å². The van der Waals surface area contributed by atoms with Crippen LogP contribution >= 0.6 is 11.3 Å². The number of rotatable bonds is 4. The lowest BCUT2D eigenvalue weighted by Crippen LogP contribution is -2.18. The quantitative estimate of drug-likeness (QED) is 0.905. The summed E-state index contributed by atoms with van der Waals surface area (Å²) in [6, 6.07) is 3.54. The Bertz CT molecular complexity index is 485. The van der Waals surface area contributed by atoms with E-state index in [9.17, 15) is 8.78 Å². The molecule has 0 aliphatic rings. The summed E-state index contributed by atoms with van der Waals surface area (Å²) >= 11 is 1.53. The fourth-order valence-corrected chi connectivity index (χ4v) is 2.13. The summed E-state index contributed by atoms with van der Waals surface area (Å²) in [6.45, 7) is 2.26. The first-order chi connectivity index (χ1) is 8.16. The molecule has 5 heteroatoms. The summed E-state index contributed by atoms with van der Waals surface area (Å²) in [5, 5.41) is 3.13. The van der Waals surface area contributed by atoms with Gasteiger partial charge in [-0.3, -0.25) is 4.98 Å². The molecule has 90 valence electrons. The summed E-state index contributed by atoms with van der Waals surface area (Å²) in [5.74, 6) is -0.816. The number of hydrogen-bond donors (Lipinski definition) is 1. The molecule has 1 aromatic heterocycles. The first-order valence-corrected chi connectivity index (χ1v) is 6.10. The van der Waals surface area contributed by atoms with Crippen molar-refractivity contribution in [3.8, 4) is 0 Å². The molecule has 0 aliphatic heterocycles. The lowest BCUT2D eigenvalue weighted by atomic mass is 10.2. The molecule has 0 saturated carbocycles. The second-order valence-electron chi connectivity index (χ2n) is 3.74. The Kier molecular flexibility index (Phi) is 3.81. The lowest BCUT2D eigenvalue weighted by molar-refractivity contribution is 0.539. The third kappa shape index (κ3) is 3.08. The molecule has 0 saturated heterocycles. The molecule has 17 heavy (non-hydrogen) atoms. The highest BCUT2D eigenvalue weighted by Gasteiger charge is 2.08. The Balaban J connectivity index is 2.00. The van der Waals surface area contributed by atoms with Gasteiger partial charge in [0, 0.05) is 29.2 Å². The number of aromatic nitrogens is 1. The van der Waals surface area contributed by atoms with Crippen LogP contribution in [0.3, 0.4) is 0 Å². The van der Waals surface area contributed by atoms with Gasteiger partial charge in [0.2, 0.25) is 0 Å². The lowest BCUT2D eigenvalue weighted by Gasteiger charge is -2.12. The standard InChI is InChI=1S/C12H12F2N2S/c1-8(12-6-15-7-17-12)16-5-9-4-10(13)2-3-11(9)14/h2-4,6-8,16H,5H2,1H3. The SMILES string of the molecule is CC(NCc1cc(F)ccc1F)c1cncs1. The van der Waals surface area contributed by atoms with Gasteiger partial charge in [0.15, 0.2) is 0 Å². The molecular formula is C12H12F2N2S. The minimum absolute atomic E-state index is 0.0742. The number of thiazole rings is 1. The predicted molar refractivity (Wildman–Crippen MR) is 63.7 cm³/mol. The van der Waals surface area contributed by atoms with Gasteiger partial charge in [0.25, 0.3) is 0 Å². The van der Waals surface area contributed by atoms with Crippen LogP contribution in [0.15, 0.2) is 29.9 Å². The largest absolute Gasteiger partial charge is 0.305 e. The molecule has 2 rings (SSSR count). The van der Waals surface area contributed by atoms with Gasteiger partial charge < -0.3 is 5.32 Å². The highest BCUT2D eigenvalue weighted by molar-refractivity contribution is 7.09. The van der Waals surface area contributed by atoms with Crippen LogP contribution in [0.1, 0.15) is 23.4 Å². The van der Waals surface area contributed by atoms with E-state index >= 15 is 0 Å². The number of halogens is 2. The van der Waals surface area contributed by atoms with Gasteiger partial charge in [-0.25, -0.2) is 8.78 Å². The first kappa shape index (κ1) is 12.1. The zero-order chi connectivity index (χ0) is 12.3. The van der Waals surface area contributed by atoms with E-state index in [4.69, 9.17) is 0 Å². The molecule has 1 unspecified atom stereocenters. The molecule has 1 aromatic carbocycles. The third-order valence-electron chi connectivity index (χ3n) is 2.48. The molecular weight excluding hydrogens is 242 g/mol. The fraction of sp³-hybridized carbons (Fsp3) is 0.250. The van der Waals surface area contributed by atoms with E-state index in [1.54, 1.807) is 11.7 Å². The minimum Gasteiger partial charge on any atom is -0.305 e.